The minimum absolute atomic E-state index is 0.00491. The molecular weight excluding hydrogens is 899 g/mol. The molecule has 4 nitrogen and oxygen atoms in total. The van der Waals surface area contributed by atoms with Crippen molar-refractivity contribution in [3.63, 3.8) is 0 Å². The third kappa shape index (κ3) is 6.84. The average molecular weight is 960 g/mol. The summed E-state index contributed by atoms with van der Waals surface area (Å²) in [7, 11) is 0. The van der Waals surface area contributed by atoms with Crippen LogP contribution in [0.3, 0.4) is 0 Å². The van der Waals surface area contributed by atoms with E-state index in [1.807, 2.05) is 12.3 Å². The van der Waals surface area contributed by atoms with Gasteiger partial charge in [0.05, 0.1) is 27.6 Å². The van der Waals surface area contributed by atoms with Crippen LogP contribution in [0.2, 0.25) is 0 Å². The van der Waals surface area contributed by atoms with Crippen LogP contribution in [0.1, 0.15) is 97.2 Å². The van der Waals surface area contributed by atoms with Gasteiger partial charge in [-0.2, -0.15) is 0 Å². The summed E-state index contributed by atoms with van der Waals surface area (Å²) in [4.78, 5) is 9.97. The van der Waals surface area contributed by atoms with E-state index in [9.17, 15) is 0 Å². The van der Waals surface area contributed by atoms with Crippen molar-refractivity contribution in [3.05, 3.63) is 244 Å². The highest BCUT2D eigenvalue weighted by molar-refractivity contribution is 6.23. The molecule has 0 fully saturated rings. The number of benzene rings is 9. The quantitative estimate of drug-likeness (QED) is 0.166. The molecule has 0 radical (unpaired) electrons. The van der Waals surface area contributed by atoms with Gasteiger partial charge < -0.3 is 14.2 Å². The van der Waals surface area contributed by atoms with Crippen LogP contribution in [0.15, 0.2) is 193 Å². The molecule has 11 aromatic rings. The molecule has 362 valence electrons. The standard InChI is InChI=1S/C70H61N3O/c1-42-34-43(2)37-50(36-42)72(48-29-25-46(26-30-48)68(5,6)7)61-40-59-63(55-21-12-11-20-54(55)61)65-60(70(59)57-23-15-13-18-52(57)53-19-14-16-24-58(53)70)41-62(64-56-22-17-33-71-67(56)74-66(64)65)73(51-38-44(3)35-45(4)39-51)49-31-27-47(28-32-49)69(8,9)10/h11-41H,1-10H3. The Bertz CT molecular complexity index is 4000. The lowest BCUT2D eigenvalue weighted by Gasteiger charge is -2.34. The Hall–Kier alpha value is -8.21. The highest BCUT2D eigenvalue weighted by Crippen LogP contribution is 2.67. The van der Waals surface area contributed by atoms with Crippen molar-refractivity contribution >= 4 is 67.0 Å². The normalized spacial score (nSPS) is 13.4. The summed E-state index contributed by atoms with van der Waals surface area (Å²) in [6.07, 6.45) is 1.85. The van der Waals surface area contributed by atoms with Crippen LogP contribution in [0.5, 0.6) is 0 Å². The molecule has 2 aliphatic rings. The highest BCUT2D eigenvalue weighted by Gasteiger charge is 2.54. The summed E-state index contributed by atoms with van der Waals surface area (Å²) in [6, 6.07) is 69.0. The molecule has 2 heterocycles. The van der Waals surface area contributed by atoms with Gasteiger partial charge >= 0.3 is 0 Å². The van der Waals surface area contributed by atoms with Crippen molar-refractivity contribution in [2.75, 3.05) is 9.80 Å². The van der Waals surface area contributed by atoms with E-state index in [4.69, 9.17) is 9.40 Å². The van der Waals surface area contributed by atoms with Crippen LogP contribution < -0.4 is 9.80 Å². The maximum absolute atomic E-state index is 7.39. The summed E-state index contributed by atoms with van der Waals surface area (Å²) < 4.78 is 7.39. The molecule has 2 aromatic heterocycles. The Kier molecular flexibility index (Phi) is 10.1. The Balaban J connectivity index is 1.21. The van der Waals surface area contributed by atoms with Gasteiger partial charge in [0.25, 0.3) is 0 Å². The maximum Gasteiger partial charge on any atom is 0.227 e. The maximum atomic E-state index is 7.39. The van der Waals surface area contributed by atoms with E-state index < -0.39 is 5.41 Å². The van der Waals surface area contributed by atoms with Gasteiger partial charge in [-0.05, 0) is 189 Å². The molecule has 0 saturated heterocycles. The van der Waals surface area contributed by atoms with Crippen molar-refractivity contribution in [3.8, 4) is 22.3 Å². The molecular formula is C70H61N3O. The Morgan fingerprint density at radius 3 is 1.38 bits per heavy atom. The number of rotatable bonds is 6. The first-order chi connectivity index (χ1) is 35.6. The second kappa shape index (κ2) is 16.4. The van der Waals surface area contributed by atoms with E-state index in [1.54, 1.807) is 0 Å². The first-order valence-corrected chi connectivity index (χ1v) is 26.2. The smallest absolute Gasteiger partial charge is 0.227 e. The SMILES string of the molecule is Cc1cc(C)cc(N(c2ccc(C(C)(C)C)cc2)c2cc3c(c4ccccc24)-c2c(cc(N(c4ccc(C(C)(C)C)cc4)c4cc(C)cc(C)c4)c4c2oc2ncccc24)C32c3ccccc3-c3ccccc32)c1. The van der Waals surface area contributed by atoms with E-state index in [-0.39, 0.29) is 10.8 Å². The molecule has 0 bridgehead atoms. The number of aryl methyl sites for hydroxylation is 4. The topological polar surface area (TPSA) is 32.5 Å². The third-order valence-electron chi connectivity index (χ3n) is 15.9. The number of fused-ring (bicyclic) bond motifs is 16. The Labute approximate surface area is 435 Å². The number of pyridine rings is 1. The number of furan rings is 1. The number of nitrogens with zero attached hydrogens (tertiary/aromatic N) is 3. The van der Waals surface area contributed by atoms with Gasteiger partial charge in [0, 0.05) is 39.9 Å². The molecule has 9 aromatic carbocycles. The van der Waals surface area contributed by atoms with Crippen molar-refractivity contribution in [2.24, 2.45) is 0 Å². The summed E-state index contributed by atoms with van der Waals surface area (Å²) in [6.45, 7) is 22.5. The molecule has 74 heavy (non-hydrogen) atoms. The lowest BCUT2D eigenvalue weighted by Crippen LogP contribution is -2.26. The van der Waals surface area contributed by atoms with E-state index in [0.717, 1.165) is 61.4 Å². The Morgan fingerprint density at radius 1 is 0.405 bits per heavy atom. The summed E-state index contributed by atoms with van der Waals surface area (Å²) in [5, 5.41) is 4.36. The Morgan fingerprint density at radius 2 is 0.851 bits per heavy atom. The van der Waals surface area contributed by atoms with Crippen LogP contribution >= 0.6 is 0 Å². The molecule has 1 spiro atoms. The van der Waals surface area contributed by atoms with Crippen LogP contribution in [0.4, 0.5) is 34.1 Å². The highest BCUT2D eigenvalue weighted by atomic mass is 16.3. The van der Waals surface area contributed by atoms with Gasteiger partial charge in [-0.25, -0.2) is 4.98 Å². The van der Waals surface area contributed by atoms with Gasteiger partial charge in [-0.3, -0.25) is 0 Å². The van der Waals surface area contributed by atoms with E-state index >= 15 is 0 Å². The number of aromatic nitrogens is 1. The fourth-order valence-corrected chi connectivity index (χ4v) is 12.8. The van der Waals surface area contributed by atoms with Crippen LogP contribution in [-0.4, -0.2) is 4.98 Å². The molecule has 0 amide bonds. The molecule has 4 heteroatoms. The van der Waals surface area contributed by atoms with Crippen LogP contribution in [-0.2, 0) is 16.2 Å². The monoisotopic (exact) mass is 959 g/mol. The number of hydrogen-bond donors (Lipinski definition) is 0. The van der Waals surface area contributed by atoms with Crippen molar-refractivity contribution in [2.45, 2.75) is 85.5 Å². The predicted molar refractivity (Wildman–Crippen MR) is 311 cm³/mol. The third-order valence-corrected chi connectivity index (χ3v) is 15.9. The van der Waals surface area contributed by atoms with Crippen molar-refractivity contribution < 1.29 is 4.42 Å². The zero-order chi connectivity index (χ0) is 51.0. The van der Waals surface area contributed by atoms with Crippen molar-refractivity contribution in [1.82, 2.24) is 4.98 Å². The van der Waals surface area contributed by atoms with Gasteiger partial charge in [0.2, 0.25) is 5.71 Å². The first-order valence-electron chi connectivity index (χ1n) is 26.2. The summed E-state index contributed by atoms with van der Waals surface area (Å²) >= 11 is 0. The minimum Gasteiger partial charge on any atom is -0.437 e. The molecule has 0 saturated carbocycles. The second-order valence-corrected chi connectivity index (χ2v) is 23.1. The zero-order valence-electron chi connectivity index (χ0n) is 44.1. The van der Waals surface area contributed by atoms with Gasteiger partial charge in [-0.1, -0.05) is 151 Å². The predicted octanol–water partition coefficient (Wildman–Crippen LogP) is 19.2. The summed E-state index contributed by atoms with van der Waals surface area (Å²) in [5.74, 6) is 0. The van der Waals surface area contributed by atoms with Crippen LogP contribution in [0.25, 0.3) is 55.1 Å². The molecule has 0 N–H and O–H groups in total. The zero-order valence-corrected chi connectivity index (χ0v) is 44.1. The lowest BCUT2D eigenvalue weighted by atomic mass is 9.70. The van der Waals surface area contributed by atoms with E-state index in [2.05, 4.69) is 255 Å². The number of hydrogen-bond acceptors (Lipinski definition) is 4. The molecule has 13 rings (SSSR count). The average Bonchev–Trinajstić information content (AvgIpc) is 4.07. The van der Waals surface area contributed by atoms with Gasteiger partial charge in [0.1, 0.15) is 5.58 Å². The largest absolute Gasteiger partial charge is 0.437 e. The molecule has 2 aliphatic carbocycles. The fraction of sp³-hybridized carbons (Fsp3) is 0.186. The fourth-order valence-electron chi connectivity index (χ4n) is 12.8. The minimum atomic E-state index is -0.749. The van der Waals surface area contributed by atoms with Crippen molar-refractivity contribution in [1.29, 1.82) is 0 Å². The lowest BCUT2D eigenvalue weighted by molar-refractivity contribution is 0.590. The van der Waals surface area contributed by atoms with Gasteiger partial charge in [-0.15, -0.1) is 0 Å². The first kappa shape index (κ1) is 45.6. The number of anilines is 6. The molecule has 0 aliphatic heterocycles. The van der Waals surface area contributed by atoms with Crippen LogP contribution in [0, 0.1) is 27.7 Å². The summed E-state index contributed by atoms with van der Waals surface area (Å²) in [5.41, 5.74) is 24.5. The second-order valence-electron chi connectivity index (χ2n) is 23.1. The molecule has 0 unspecified atom stereocenters. The molecule has 0 atom stereocenters. The van der Waals surface area contributed by atoms with E-state index in [0.29, 0.717) is 5.71 Å². The van der Waals surface area contributed by atoms with E-state index in [1.165, 1.54) is 77.7 Å². The van der Waals surface area contributed by atoms with Gasteiger partial charge in [0.15, 0.2) is 0 Å².